The minimum absolute atomic E-state index is 0. The van der Waals surface area contributed by atoms with Crippen molar-refractivity contribution in [3.8, 4) is 0 Å². The van der Waals surface area contributed by atoms with E-state index in [2.05, 4.69) is 0 Å². The fraction of sp³-hybridized carbons (Fsp3) is 0. The van der Waals surface area contributed by atoms with Gasteiger partial charge in [-0.2, -0.15) is 0 Å². The van der Waals surface area contributed by atoms with Gasteiger partial charge in [0.25, 0.3) is 0 Å². The Morgan fingerprint density at radius 2 is 1.00 bits per heavy atom. The molecule has 0 spiro atoms. The monoisotopic (exact) mass is 291 g/mol. The van der Waals surface area contributed by atoms with E-state index in [0.717, 1.165) is 0 Å². The molecule has 7 nitrogen and oxygen atoms in total. The average molecular weight is 291 g/mol. The molecule has 0 aromatic heterocycles. The summed E-state index contributed by atoms with van der Waals surface area (Å²) in [5.41, 5.74) is 0. The molecule has 0 aliphatic heterocycles. The Morgan fingerprint density at radius 1 is 1.00 bits per heavy atom. The quantitative estimate of drug-likeness (QED) is 0.351. The van der Waals surface area contributed by atoms with Crippen molar-refractivity contribution in [2.75, 3.05) is 0 Å². The van der Waals surface area contributed by atoms with Crippen LogP contribution in [0.4, 0.5) is 0 Å². The second-order valence-electron chi connectivity index (χ2n) is 0.224. The molecular formula is H6LuNO6-. The zero-order valence-corrected chi connectivity index (χ0v) is 5.09. The average Bonchev–Trinajstić information content (AvgIpc) is 0.811. The Morgan fingerprint density at radius 3 is 1.00 bits per heavy atom. The van der Waals surface area contributed by atoms with Crippen molar-refractivity contribution in [2.24, 2.45) is 0 Å². The number of nitrogens with zero attached hydrogens (tertiary/aromatic N) is 1. The molecule has 63 valence electrons. The van der Waals surface area contributed by atoms with E-state index in [1.807, 2.05) is 0 Å². The standard InChI is InChI=1S/Lu.NO3.3H2O/c;2-1(3)4;;;/h;;3*1H2/q;-1;;;. The molecule has 8 heteroatoms. The molecule has 0 aliphatic rings. The van der Waals surface area contributed by atoms with Gasteiger partial charge in [0.15, 0.2) is 0 Å². The molecule has 0 aromatic rings. The zero-order valence-electron chi connectivity index (χ0n) is 3.43. The third-order valence-electron chi connectivity index (χ3n) is 0. The first-order valence-corrected chi connectivity index (χ1v) is 0.548. The van der Waals surface area contributed by atoms with E-state index in [4.69, 9.17) is 15.3 Å². The van der Waals surface area contributed by atoms with Gasteiger partial charge in [0.05, 0.1) is 5.09 Å². The van der Waals surface area contributed by atoms with Crippen molar-refractivity contribution in [3.63, 3.8) is 0 Å². The maximum atomic E-state index is 8.25. The molecule has 0 heterocycles. The van der Waals surface area contributed by atoms with Gasteiger partial charge in [-0.25, -0.2) is 0 Å². The van der Waals surface area contributed by atoms with Crippen molar-refractivity contribution in [1.82, 2.24) is 0 Å². The van der Waals surface area contributed by atoms with E-state index >= 15 is 0 Å². The van der Waals surface area contributed by atoms with Gasteiger partial charge >= 0.3 is 0 Å². The first kappa shape index (κ1) is 40.5. The van der Waals surface area contributed by atoms with Gasteiger partial charge in [0, 0.05) is 36.9 Å². The molecule has 6 N–H and O–H groups in total. The topological polar surface area (TPSA) is 161 Å². The van der Waals surface area contributed by atoms with Crippen LogP contribution in [0.15, 0.2) is 0 Å². The Balaban J connectivity index is -0.00000000750. The van der Waals surface area contributed by atoms with Gasteiger partial charge in [-0.3, -0.25) is 0 Å². The fourth-order valence-electron chi connectivity index (χ4n) is 0. The van der Waals surface area contributed by atoms with Crippen LogP contribution in [0.2, 0.25) is 0 Å². The number of hydrogen-bond acceptors (Lipinski definition) is 3. The molecular weight excluding hydrogens is 285 g/mol. The maximum absolute atomic E-state index is 8.25. The van der Waals surface area contributed by atoms with Crippen molar-refractivity contribution >= 4 is 0 Å². The van der Waals surface area contributed by atoms with Crippen molar-refractivity contribution < 1.29 is 58.4 Å². The van der Waals surface area contributed by atoms with E-state index in [1.54, 1.807) is 0 Å². The summed E-state index contributed by atoms with van der Waals surface area (Å²) in [6.07, 6.45) is 0. The van der Waals surface area contributed by atoms with Gasteiger partial charge in [-0.1, -0.05) is 0 Å². The van der Waals surface area contributed by atoms with Crippen LogP contribution in [-0.4, -0.2) is 21.5 Å². The Bertz CT molecular complexity index is 31.5. The zero-order chi connectivity index (χ0) is 3.58. The van der Waals surface area contributed by atoms with Crippen LogP contribution in [-0.2, 0) is 0 Å². The van der Waals surface area contributed by atoms with Gasteiger partial charge in [-0.05, 0) is 0 Å². The number of rotatable bonds is 0. The Hall–Kier alpha value is 0.314. The fourth-order valence-corrected chi connectivity index (χ4v) is 0. The normalized spacial score (nSPS) is 3.00. The largest absolute Gasteiger partial charge is 0.412 e. The third kappa shape index (κ3) is 1810. The summed E-state index contributed by atoms with van der Waals surface area (Å²) in [6.45, 7) is 0. The van der Waals surface area contributed by atoms with Crippen LogP contribution < -0.4 is 0 Å². The van der Waals surface area contributed by atoms with Crippen LogP contribution in [0.25, 0.3) is 0 Å². The second kappa shape index (κ2) is 26.6. The van der Waals surface area contributed by atoms with Gasteiger partial charge in [-0.15, -0.1) is 0 Å². The van der Waals surface area contributed by atoms with E-state index in [-0.39, 0.29) is 53.3 Å². The van der Waals surface area contributed by atoms with Crippen molar-refractivity contribution in [1.29, 1.82) is 0 Å². The molecule has 0 atom stereocenters. The molecule has 1 radical (unpaired) electrons. The molecule has 0 saturated carbocycles. The van der Waals surface area contributed by atoms with Crippen molar-refractivity contribution in [3.05, 3.63) is 15.3 Å². The molecule has 0 fully saturated rings. The first-order valence-electron chi connectivity index (χ1n) is 0.548. The van der Waals surface area contributed by atoms with Crippen LogP contribution in [0.1, 0.15) is 0 Å². The van der Waals surface area contributed by atoms with Crippen LogP contribution >= 0.6 is 0 Å². The Labute approximate surface area is 73.5 Å². The third-order valence-corrected chi connectivity index (χ3v) is 0. The summed E-state index contributed by atoms with van der Waals surface area (Å²) in [7, 11) is 0. The van der Waals surface area contributed by atoms with Crippen LogP contribution in [0.5, 0.6) is 0 Å². The molecule has 0 saturated heterocycles. The smallest absolute Gasteiger partial charge is 0.0689 e. The van der Waals surface area contributed by atoms with E-state index in [9.17, 15) is 0 Å². The van der Waals surface area contributed by atoms with Crippen LogP contribution in [0.3, 0.4) is 0 Å². The second-order valence-corrected chi connectivity index (χ2v) is 0.224. The Kier molecular flexibility index (Phi) is 134. The predicted octanol–water partition coefficient (Wildman–Crippen LogP) is -2.71. The summed E-state index contributed by atoms with van der Waals surface area (Å²) in [5.74, 6) is 0. The maximum Gasteiger partial charge on any atom is 0.0689 e. The molecule has 0 aliphatic carbocycles. The molecule has 0 rings (SSSR count). The van der Waals surface area contributed by atoms with Crippen molar-refractivity contribution in [2.45, 2.75) is 0 Å². The van der Waals surface area contributed by atoms with E-state index in [1.165, 1.54) is 0 Å². The minimum Gasteiger partial charge on any atom is -0.412 e. The summed E-state index contributed by atoms with van der Waals surface area (Å²) in [5, 5.41) is 14.8. The molecule has 0 aromatic carbocycles. The number of hydrogen-bond donors (Lipinski definition) is 0. The van der Waals surface area contributed by atoms with Crippen LogP contribution in [0, 0.1) is 52.2 Å². The first-order chi connectivity index (χ1) is 1.73. The van der Waals surface area contributed by atoms with E-state index in [0.29, 0.717) is 0 Å². The molecule has 0 amide bonds. The summed E-state index contributed by atoms with van der Waals surface area (Å²) in [4.78, 5) is 8.25. The summed E-state index contributed by atoms with van der Waals surface area (Å²) in [6, 6.07) is 0. The molecule has 0 unspecified atom stereocenters. The minimum atomic E-state index is -1.75. The van der Waals surface area contributed by atoms with Gasteiger partial charge in [0.2, 0.25) is 0 Å². The van der Waals surface area contributed by atoms with Gasteiger partial charge < -0.3 is 31.8 Å². The summed E-state index contributed by atoms with van der Waals surface area (Å²) >= 11 is 0. The molecule has 8 heavy (non-hydrogen) atoms. The molecule has 0 bridgehead atoms. The van der Waals surface area contributed by atoms with E-state index < -0.39 is 5.09 Å². The SMILES string of the molecule is O.O.O.O=[N+]([O-])[O-].[Lu]. The summed E-state index contributed by atoms with van der Waals surface area (Å²) < 4.78 is 0. The van der Waals surface area contributed by atoms with Gasteiger partial charge in [0.1, 0.15) is 0 Å². The predicted molar refractivity (Wildman–Crippen MR) is 21.2 cm³/mol.